The molecule has 0 saturated heterocycles. The number of ether oxygens (including phenoxy) is 1. The molecule has 0 unspecified atom stereocenters. The van der Waals surface area contributed by atoms with E-state index in [1.165, 1.54) is 0 Å². The van der Waals surface area contributed by atoms with Gasteiger partial charge in [-0.1, -0.05) is 19.1 Å². The Kier molecular flexibility index (Phi) is 3.73. The minimum atomic E-state index is 0.412. The van der Waals surface area contributed by atoms with Crippen molar-refractivity contribution >= 4 is 11.3 Å². The number of aryl methyl sites for hydroxylation is 1. The molecule has 0 radical (unpaired) electrons. The van der Waals surface area contributed by atoms with Gasteiger partial charge in [0.15, 0.2) is 0 Å². The Morgan fingerprint density at radius 1 is 1.41 bits per heavy atom. The van der Waals surface area contributed by atoms with Crippen LogP contribution < -0.4 is 4.74 Å². The van der Waals surface area contributed by atoms with Gasteiger partial charge >= 0.3 is 0 Å². The van der Waals surface area contributed by atoms with Gasteiger partial charge < -0.3 is 4.74 Å². The third kappa shape index (κ3) is 2.83. The van der Waals surface area contributed by atoms with Gasteiger partial charge in [0.25, 0.3) is 0 Å². The molecule has 0 saturated carbocycles. The van der Waals surface area contributed by atoms with Crippen molar-refractivity contribution in [1.82, 2.24) is 4.98 Å². The van der Waals surface area contributed by atoms with Gasteiger partial charge in [0.2, 0.25) is 0 Å². The van der Waals surface area contributed by atoms with Crippen molar-refractivity contribution in [1.29, 1.82) is 5.26 Å². The van der Waals surface area contributed by atoms with E-state index in [1.54, 1.807) is 23.5 Å². The van der Waals surface area contributed by atoms with E-state index in [0.717, 1.165) is 17.1 Å². The zero-order valence-corrected chi connectivity index (χ0v) is 10.3. The third-order valence-corrected chi connectivity index (χ3v) is 3.33. The minimum absolute atomic E-state index is 0.412. The summed E-state index contributed by atoms with van der Waals surface area (Å²) in [4.78, 5) is 4.41. The highest BCUT2D eigenvalue weighted by molar-refractivity contribution is 7.09. The van der Waals surface area contributed by atoms with E-state index in [-0.39, 0.29) is 0 Å². The van der Waals surface area contributed by atoms with Crippen molar-refractivity contribution in [3.63, 3.8) is 0 Å². The van der Waals surface area contributed by atoms with Crippen LogP contribution in [0.3, 0.4) is 0 Å². The van der Waals surface area contributed by atoms with E-state index in [9.17, 15) is 0 Å². The van der Waals surface area contributed by atoms with Crippen LogP contribution in [0.25, 0.3) is 0 Å². The first-order valence-corrected chi connectivity index (χ1v) is 6.26. The summed E-state index contributed by atoms with van der Waals surface area (Å²) in [7, 11) is 0. The highest BCUT2D eigenvalue weighted by Gasteiger charge is 2.04. The predicted molar refractivity (Wildman–Crippen MR) is 67.0 cm³/mol. The second kappa shape index (κ2) is 5.46. The maximum Gasteiger partial charge on any atom is 0.137 e. The van der Waals surface area contributed by atoms with Gasteiger partial charge in [-0.25, -0.2) is 4.98 Å². The summed E-state index contributed by atoms with van der Waals surface area (Å²) in [6.07, 6.45) is 0.944. The van der Waals surface area contributed by atoms with Crippen molar-refractivity contribution in [3.05, 3.63) is 45.9 Å². The van der Waals surface area contributed by atoms with E-state index in [4.69, 9.17) is 10.00 Å². The zero-order valence-electron chi connectivity index (χ0n) is 9.51. The monoisotopic (exact) mass is 244 g/mol. The normalized spacial score (nSPS) is 9.88. The van der Waals surface area contributed by atoms with Gasteiger partial charge in [0.05, 0.1) is 16.3 Å². The van der Waals surface area contributed by atoms with Crippen LogP contribution in [0.15, 0.2) is 29.6 Å². The molecule has 0 bridgehead atoms. The van der Waals surface area contributed by atoms with Gasteiger partial charge in [-0.3, -0.25) is 0 Å². The molecule has 4 heteroatoms. The van der Waals surface area contributed by atoms with Gasteiger partial charge in [0.1, 0.15) is 18.4 Å². The second-order valence-corrected chi connectivity index (χ2v) is 4.43. The molecule has 1 aromatic carbocycles. The number of rotatable bonds is 4. The van der Waals surface area contributed by atoms with Crippen molar-refractivity contribution in [2.24, 2.45) is 0 Å². The lowest BCUT2D eigenvalue weighted by molar-refractivity contribution is 0.301. The number of aromatic nitrogens is 1. The number of nitrogens with zero attached hydrogens (tertiary/aromatic N) is 2. The molecule has 0 atom stereocenters. The van der Waals surface area contributed by atoms with Crippen LogP contribution in [0.2, 0.25) is 0 Å². The highest BCUT2D eigenvalue weighted by Crippen LogP contribution is 2.19. The molecule has 0 fully saturated rings. The summed E-state index contributed by atoms with van der Waals surface area (Å²) in [6.45, 7) is 2.49. The molecule has 3 nitrogen and oxygen atoms in total. The van der Waals surface area contributed by atoms with Gasteiger partial charge in [-0.05, 0) is 18.6 Å². The lowest BCUT2D eigenvalue weighted by atomic mass is 10.2. The maximum atomic E-state index is 8.91. The van der Waals surface area contributed by atoms with E-state index in [2.05, 4.69) is 18.0 Å². The van der Waals surface area contributed by atoms with E-state index in [1.807, 2.05) is 17.5 Å². The van der Waals surface area contributed by atoms with Crippen LogP contribution in [0.4, 0.5) is 0 Å². The Labute approximate surface area is 104 Å². The number of benzene rings is 1. The molecule has 86 valence electrons. The molecule has 0 aliphatic carbocycles. The first-order chi connectivity index (χ1) is 8.33. The Hall–Kier alpha value is -1.86. The molecule has 0 spiro atoms. The second-order valence-electron chi connectivity index (χ2n) is 3.48. The Morgan fingerprint density at radius 2 is 2.24 bits per heavy atom. The lowest BCUT2D eigenvalue weighted by Gasteiger charge is -2.05. The molecule has 0 N–H and O–H groups in total. The summed E-state index contributed by atoms with van der Waals surface area (Å²) in [5.41, 5.74) is 1.47. The molecular weight excluding hydrogens is 232 g/mol. The number of para-hydroxylation sites is 1. The van der Waals surface area contributed by atoms with E-state index < -0.39 is 0 Å². The molecular formula is C13H12N2OS. The largest absolute Gasteiger partial charge is 0.486 e. The van der Waals surface area contributed by atoms with Gasteiger partial charge in [-0.2, -0.15) is 5.26 Å². The minimum Gasteiger partial charge on any atom is -0.486 e. The quantitative estimate of drug-likeness (QED) is 0.830. The summed E-state index contributed by atoms with van der Waals surface area (Å²) in [6, 6.07) is 9.33. The fourth-order valence-corrected chi connectivity index (χ4v) is 2.14. The van der Waals surface area contributed by atoms with Gasteiger partial charge in [0, 0.05) is 5.38 Å². The van der Waals surface area contributed by atoms with Crippen LogP contribution in [0, 0.1) is 11.3 Å². The number of nitriles is 1. The summed E-state index contributed by atoms with van der Waals surface area (Å²) < 4.78 is 5.59. The van der Waals surface area contributed by atoms with Crippen molar-refractivity contribution in [2.75, 3.05) is 0 Å². The lowest BCUT2D eigenvalue weighted by Crippen LogP contribution is -1.97. The van der Waals surface area contributed by atoms with E-state index >= 15 is 0 Å². The molecule has 2 rings (SSSR count). The molecule has 17 heavy (non-hydrogen) atoms. The fraction of sp³-hybridized carbons (Fsp3) is 0.231. The first-order valence-electron chi connectivity index (χ1n) is 5.38. The standard InChI is InChI=1S/C13H12N2OS/c1-2-13-15-11(9-17-13)8-16-12-6-4-3-5-10(12)7-14/h3-6,9H,2,8H2,1H3. The summed E-state index contributed by atoms with van der Waals surface area (Å²) in [5.74, 6) is 0.612. The highest BCUT2D eigenvalue weighted by atomic mass is 32.1. The molecule has 1 heterocycles. The predicted octanol–water partition coefficient (Wildman–Crippen LogP) is 3.16. The molecule has 0 amide bonds. The molecule has 1 aromatic heterocycles. The number of thiazole rings is 1. The van der Waals surface area contributed by atoms with Crippen LogP contribution >= 0.6 is 11.3 Å². The smallest absolute Gasteiger partial charge is 0.137 e. The Morgan fingerprint density at radius 3 is 2.94 bits per heavy atom. The first kappa shape index (κ1) is 11.6. The fourth-order valence-electron chi connectivity index (χ4n) is 1.41. The van der Waals surface area contributed by atoms with Crippen molar-refractivity contribution < 1.29 is 4.74 Å². The van der Waals surface area contributed by atoms with Crippen molar-refractivity contribution in [2.45, 2.75) is 20.0 Å². The molecule has 0 aliphatic heterocycles. The Bertz CT molecular complexity index is 542. The average Bonchev–Trinajstić information content (AvgIpc) is 2.84. The van der Waals surface area contributed by atoms with Crippen molar-refractivity contribution in [3.8, 4) is 11.8 Å². The van der Waals surface area contributed by atoms with Crippen LogP contribution in [-0.2, 0) is 13.0 Å². The van der Waals surface area contributed by atoms with Crippen LogP contribution in [-0.4, -0.2) is 4.98 Å². The number of hydrogen-bond acceptors (Lipinski definition) is 4. The van der Waals surface area contributed by atoms with Crippen LogP contribution in [0.5, 0.6) is 5.75 Å². The summed E-state index contributed by atoms with van der Waals surface area (Å²) >= 11 is 1.64. The molecule has 2 aromatic rings. The van der Waals surface area contributed by atoms with E-state index in [0.29, 0.717) is 17.9 Å². The number of hydrogen-bond donors (Lipinski definition) is 0. The zero-order chi connectivity index (χ0) is 12.1. The Balaban J connectivity index is 2.05. The topological polar surface area (TPSA) is 45.9 Å². The molecule has 0 aliphatic rings. The maximum absolute atomic E-state index is 8.91. The third-order valence-electron chi connectivity index (χ3n) is 2.28. The average molecular weight is 244 g/mol. The SMILES string of the molecule is CCc1nc(COc2ccccc2C#N)cs1. The van der Waals surface area contributed by atoms with Gasteiger partial charge in [-0.15, -0.1) is 11.3 Å². The van der Waals surface area contributed by atoms with Crippen LogP contribution in [0.1, 0.15) is 23.2 Å². The summed E-state index contributed by atoms with van der Waals surface area (Å²) in [5, 5.41) is 12.0.